The first kappa shape index (κ1) is 15.8. The summed E-state index contributed by atoms with van der Waals surface area (Å²) >= 11 is 0. The van der Waals surface area contributed by atoms with Gasteiger partial charge in [-0.3, -0.25) is 4.89 Å². The summed E-state index contributed by atoms with van der Waals surface area (Å²) in [6, 6.07) is 0. The lowest BCUT2D eigenvalue weighted by molar-refractivity contribution is -0.229. The topological polar surface area (TPSA) is 104 Å². The molecular weight excluding hydrogens is 204 g/mol. The standard InChI is InChI=1S/C5H8O3.C4H6O3/c1-4(2-3-6)5(7)8;1-3(2)4(5)7-6/h6H,1-3H2,(H,7,8);6H,1H2,2H3. The van der Waals surface area contributed by atoms with Crippen LogP contribution >= 0.6 is 0 Å². The Morgan fingerprint density at radius 2 is 1.80 bits per heavy atom. The molecule has 0 aromatic rings. The third-order valence-corrected chi connectivity index (χ3v) is 1.15. The van der Waals surface area contributed by atoms with Crippen LogP contribution in [0.15, 0.2) is 24.3 Å². The van der Waals surface area contributed by atoms with Crippen LogP contribution in [-0.4, -0.2) is 34.0 Å². The van der Waals surface area contributed by atoms with Crippen LogP contribution in [0.5, 0.6) is 0 Å². The lowest BCUT2D eigenvalue weighted by Crippen LogP contribution is -2.00. The van der Waals surface area contributed by atoms with Crippen LogP contribution in [0.25, 0.3) is 0 Å². The number of aliphatic hydroxyl groups excluding tert-OH is 1. The smallest absolute Gasteiger partial charge is 0.367 e. The maximum Gasteiger partial charge on any atom is 0.367 e. The first-order chi connectivity index (χ1) is 6.86. The molecule has 6 heteroatoms. The van der Waals surface area contributed by atoms with Crippen molar-refractivity contribution < 1.29 is 29.9 Å². The highest BCUT2D eigenvalue weighted by atomic mass is 17.1. The maximum absolute atomic E-state index is 9.94. The van der Waals surface area contributed by atoms with Crippen molar-refractivity contribution in [3.05, 3.63) is 24.3 Å². The van der Waals surface area contributed by atoms with Crippen molar-refractivity contribution in [2.45, 2.75) is 13.3 Å². The molecule has 0 aliphatic heterocycles. The molecule has 3 N–H and O–H groups in total. The van der Waals surface area contributed by atoms with Gasteiger partial charge in [0.2, 0.25) is 0 Å². The third kappa shape index (κ3) is 10.3. The highest BCUT2D eigenvalue weighted by molar-refractivity contribution is 5.86. The van der Waals surface area contributed by atoms with E-state index >= 15 is 0 Å². The Kier molecular flexibility index (Phi) is 9.39. The van der Waals surface area contributed by atoms with Crippen molar-refractivity contribution in [1.82, 2.24) is 0 Å². The van der Waals surface area contributed by atoms with E-state index in [-0.39, 0.29) is 24.2 Å². The predicted molar refractivity (Wildman–Crippen MR) is 52.0 cm³/mol. The summed E-state index contributed by atoms with van der Waals surface area (Å²) in [6.07, 6.45) is 0.148. The molecule has 0 aliphatic rings. The summed E-state index contributed by atoms with van der Waals surface area (Å²) in [5.41, 5.74) is 0.231. The van der Waals surface area contributed by atoms with Gasteiger partial charge in [-0.05, 0) is 6.92 Å². The number of hydrogen-bond donors (Lipinski definition) is 3. The van der Waals surface area contributed by atoms with Crippen molar-refractivity contribution in [1.29, 1.82) is 0 Å². The molecule has 0 spiro atoms. The number of rotatable bonds is 4. The number of aliphatic hydroxyl groups is 1. The predicted octanol–water partition coefficient (Wildman–Crippen LogP) is 0.588. The van der Waals surface area contributed by atoms with E-state index in [4.69, 9.17) is 15.5 Å². The minimum Gasteiger partial charge on any atom is -0.478 e. The van der Waals surface area contributed by atoms with Crippen molar-refractivity contribution >= 4 is 11.9 Å². The lowest BCUT2D eigenvalue weighted by Gasteiger charge is -1.91. The van der Waals surface area contributed by atoms with Gasteiger partial charge < -0.3 is 10.2 Å². The summed E-state index contributed by atoms with van der Waals surface area (Å²) in [6.45, 7) is 7.67. The molecule has 0 aromatic heterocycles. The lowest BCUT2D eigenvalue weighted by atomic mass is 10.2. The molecule has 0 saturated heterocycles. The summed E-state index contributed by atoms with van der Waals surface area (Å²) in [4.78, 5) is 23.1. The molecule has 86 valence electrons. The zero-order valence-corrected chi connectivity index (χ0v) is 8.39. The molecule has 0 fully saturated rings. The third-order valence-electron chi connectivity index (χ3n) is 1.15. The SMILES string of the molecule is C=C(C)C(=O)OO.C=C(CCO)C(=O)O. The van der Waals surface area contributed by atoms with Gasteiger partial charge in [-0.2, -0.15) is 5.26 Å². The maximum atomic E-state index is 9.94. The molecule has 0 unspecified atom stereocenters. The van der Waals surface area contributed by atoms with Gasteiger partial charge in [0.1, 0.15) is 0 Å². The van der Waals surface area contributed by atoms with Gasteiger partial charge in [0.25, 0.3) is 0 Å². The van der Waals surface area contributed by atoms with E-state index in [1.807, 2.05) is 0 Å². The van der Waals surface area contributed by atoms with Crippen LogP contribution < -0.4 is 0 Å². The molecule has 0 saturated carbocycles. The fraction of sp³-hybridized carbons (Fsp3) is 0.333. The average Bonchev–Trinajstić information content (AvgIpc) is 2.17. The second-order valence-corrected chi connectivity index (χ2v) is 2.54. The van der Waals surface area contributed by atoms with Gasteiger partial charge in [-0.1, -0.05) is 13.2 Å². The van der Waals surface area contributed by atoms with Crippen molar-refractivity contribution in [2.75, 3.05) is 6.61 Å². The Hall–Kier alpha value is -1.66. The van der Waals surface area contributed by atoms with Gasteiger partial charge in [0.15, 0.2) is 0 Å². The zero-order valence-electron chi connectivity index (χ0n) is 8.39. The van der Waals surface area contributed by atoms with Crippen LogP contribution in [0.4, 0.5) is 0 Å². The number of carboxylic acid groups (broad SMARTS) is 1. The first-order valence-electron chi connectivity index (χ1n) is 3.90. The van der Waals surface area contributed by atoms with Crippen LogP contribution in [0.3, 0.4) is 0 Å². The fourth-order valence-corrected chi connectivity index (χ4v) is 0.320. The Morgan fingerprint density at radius 3 is 1.87 bits per heavy atom. The van der Waals surface area contributed by atoms with Crippen molar-refractivity contribution in [3.63, 3.8) is 0 Å². The van der Waals surface area contributed by atoms with Gasteiger partial charge in [0.05, 0.1) is 0 Å². The molecular formula is C9H14O6. The minimum absolute atomic E-state index is 0.0486. The second-order valence-electron chi connectivity index (χ2n) is 2.54. The Bertz CT molecular complexity index is 255. The van der Waals surface area contributed by atoms with E-state index in [2.05, 4.69) is 18.0 Å². The molecule has 0 heterocycles. The van der Waals surface area contributed by atoms with E-state index in [9.17, 15) is 9.59 Å². The summed E-state index contributed by atoms with van der Waals surface area (Å²) in [5, 5.41) is 23.9. The molecule has 0 aliphatic carbocycles. The summed E-state index contributed by atoms with van der Waals surface area (Å²) in [5.74, 6) is -1.83. The van der Waals surface area contributed by atoms with Crippen LogP contribution in [-0.2, 0) is 14.5 Å². The molecule has 0 radical (unpaired) electrons. The monoisotopic (exact) mass is 218 g/mol. The molecule has 0 rings (SSSR count). The Balaban J connectivity index is 0. The zero-order chi connectivity index (χ0) is 12.4. The molecule has 0 atom stereocenters. The van der Waals surface area contributed by atoms with Crippen LogP contribution in [0, 0.1) is 0 Å². The Morgan fingerprint density at radius 1 is 1.33 bits per heavy atom. The average molecular weight is 218 g/mol. The van der Waals surface area contributed by atoms with Crippen molar-refractivity contribution in [2.24, 2.45) is 0 Å². The van der Waals surface area contributed by atoms with E-state index in [1.54, 1.807) is 0 Å². The molecule has 0 aromatic carbocycles. The minimum atomic E-state index is -1.04. The number of carbonyl (C=O) groups is 2. The first-order valence-corrected chi connectivity index (χ1v) is 3.90. The molecule has 6 nitrogen and oxygen atoms in total. The highest BCUT2D eigenvalue weighted by Gasteiger charge is 2.00. The normalized spacial score (nSPS) is 8.20. The molecule has 0 bridgehead atoms. The van der Waals surface area contributed by atoms with Crippen LogP contribution in [0.2, 0.25) is 0 Å². The number of carbonyl (C=O) groups excluding carboxylic acids is 1. The highest BCUT2D eigenvalue weighted by Crippen LogP contribution is 1.94. The largest absolute Gasteiger partial charge is 0.478 e. The number of aliphatic carboxylic acids is 1. The molecule has 15 heavy (non-hydrogen) atoms. The van der Waals surface area contributed by atoms with E-state index in [0.717, 1.165) is 0 Å². The number of hydrogen-bond acceptors (Lipinski definition) is 5. The van der Waals surface area contributed by atoms with Gasteiger partial charge in [-0.15, -0.1) is 0 Å². The summed E-state index contributed by atoms with van der Waals surface area (Å²) in [7, 11) is 0. The van der Waals surface area contributed by atoms with Gasteiger partial charge in [-0.25, -0.2) is 9.59 Å². The Labute approximate surface area is 87.0 Å². The summed E-state index contributed by atoms with van der Waals surface area (Å²) < 4.78 is 0. The number of carboxylic acids is 1. The second kappa shape index (κ2) is 8.92. The van der Waals surface area contributed by atoms with E-state index in [1.165, 1.54) is 6.92 Å². The van der Waals surface area contributed by atoms with Gasteiger partial charge in [0, 0.05) is 24.2 Å². The van der Waals surface area contributed by atoms with E-state index < -0.39 is 11.9 Å². The van der Waals surface area contributed by atoms with Gasteiger partial charge >= 0.3 is 11.9 Å². The quantitative estimate of drug-likeness (QED) is 0.362. The van der Waals surface area contributed by atoms with E-state index in [0.29, 0.717) is 0 Å². The van der Waals surface area contributed by atoms with Crippen molar-refractivity contribution in [3.8, 4) is 0 Å². The molecule has 0 amide bonds. The fourth-order valence-electron chi connectivity index (χ4n) is 0.320. The van der Waals surface area contributed by atoms with Crippen LogP contribution in [0.1, 0.15) is 13.3 Å².